The van der Waals surface area contributed by atoms with Gasteiger partial charge >= 0.3 is 0 Å². The largest absolute Gasteiger partial charge is 0.329 e. The first-order chi connectivity index (χ1) is 27.7. The van der Waals surface area contributed by atoms with Gasteiger partial charge in [0.2, 0.25) is 0 Å². The van der Waals surface area contributed by atoms with Gasteiger partial charge in [-0.3, -0.25) is 0 Å². The second-order valence-electron chi connectivity index (χ2n) is 19.0. The minimum absolute atomic E-state index is 0.00804. The molecule has 0 bridgehead atoms. The first kappa shape index (κ1) is 35.2. The average Bonchev–Trinajstić information content (AvgIpc) is 3.66. The smallest absolute Gasteiger partial charge is 0.160 e. The Kier molecular flexibility index (Phi) is 7.15. The Balaban J connectivity index is 1.36. The monoisotopic (exact) mass is 756 g/mol. The second kappa shape index (κ2) is 11.8. The van der Waals surface area contributed by atoms with E-state index in [9.17, 15) is 0 Å². The van der Waals surface area contributed by atoms with Crippen LogP contribution in [0.2, 0.25) is 0 Å². The van der Waals surface area contributed by atoms with Gasteiger partial charge in [-0.25, -0.2) is 24.9 Å². The maximum Gasteiger partial charge on any atom is 0.160 e. The van der Waals surface area contributed by atoms with Crippen LogP contribution in [0.5, 0.6) is 0 Å². The lowest BCUT2D eigenvalue weighted by Crippen LogP contribution is -2.40. The molecule has 0 radical (unpaired) electrons. The predicted octanol–water partition coefficient (Wildman–Crippen LogP) is 11.7. The maximum absolute atomic E-state index is 5.36. The van der Waals surface area contributed by atoms with Crippen molar-refractivity contribution in [1.29, 1.82) is 0 Å². The zero-order valence-electron chi connectivity index (χ0n) is 35.1. The average molecular weight is 757 g/mol. The molecule has 6 aromatic rings. The fourth-order valence-corrected chi connectivity index (χ4v) is 10.5. The highest BCUT2D eigenvalue weighted by molar-refractivity contribution is 6.36. The molecule has 0 fully saturated rings. The Morgan fingerprint density at radius 1 is 0.603 bits per heavy atom. The minimum atomic E-state index is -0.213. The molecule has 3 atom stereocenters. The molecule has 1 unspecified atom stereocenters. The number of benzene rings is 5. The zero-order valence-corrected chi connectivity index (χ0v) is 35.1. The summed E-state index contributed by atoms with van der Waals surface area (Å²) >= 11 is 0. The van der Waals surface area contributed by atoms with E-state index in [0.717, 1.165) is 34.7 Å². The molecule has 5 aromatic carbocycles. The van der Waals surface area contributed by atoms with Gasteiger partial charge in [0.05, 0.1) is 0 Å². The quantitative estimate of drug-likeness (QED) is 0.178. The summed E-state index contributed by atoms with van der Waals surface area (Å²) in [5.41, 5.74) is 17.6. The van der Waals surface area contributed by atoms with Crippen molar-refractivity contribution in [2.45, 2.75) is 92.2 Å². The number of aromatic nitrogens is 3. The van der Waals surface area contributed by atoms with E-state index in [1.54, 1.807) is 0 Å². The number of nitrogens with zero attached hydrogens (tertiary/aromatic N) is 5. The van der Waals surface area contributed by atoms with E-state index in [4.69, 9.17) is 24.9 Å². The van der Waals surface area contributed by atoms with E-state index >= 15 is 0 Å². The van der Waals surface area contributed by atoms with E-state index in [1.165, 1.54) is 93.9 Å². The lowest BCUT2D eigenvalue weighted by atomic mass is 9.63. The number of rotatable bonds is 2. The molecule has 2 heterocycles. The van der Waals surface area contributed by atoms with Crippen molar-refractivity contribution in [3.05, 3.63) is 147 Å². The van der Waals surface area contributed by atoms with Crippen molar-refractivity contribution in [2.75, 3.05) is 0 Å². The van der Waals surface area contributed by atoms with Crippen LogP contribution in [0, 0.1) is 19.8 Å². The molecule has 1 aromatic heterocycles. The van der Waals surface area contributed by atoms with Crippen molar-refractivity contribution in [2.24, 2.45) is 15.9 Å². The third-order valence-corrected chi connectivity index (χ3v) is 13.0. The van der Waals surface area contributed by atoms with Gasteiger partial charge < -0.3 is 5.32 Å². The number of fused-ring (bicyclic) bond motifs is 10. The summed E-state index contributed by atoms with van der Waals surface area (Å²) in [5, 5.41) is 8.85. The number of hydrogen-bond donors (Lipinski definition) is 1. The molecule has 0 spiro atoms. The molecule has 0 saturated carbocycles. The summed E-state index contributed by atoms with van der Waals surface area (Å²) in [4.78, 5) is 25.4. The molecular formula is C52H48N6. The van der Waals surface area contributed by atoms with Gasteiger partial charge in [-0.1, -0.05) is 108 Å². The fraction of sp³-hybridized carbons (Fsp3) is 0.288. The van der Waals surface area contributed by atoms with Crippen LogP contribution < -0.4 is 5.32 Å². The van der Waals surface area contributed by atoms with E-state index in [-0.39, 0.29) is 28.8 Å². The lowest BCUT2D eigenvalue weighted by Gasteiger charge is -2.41. The molecular weight excluding hydrogens is 709 g/mol. The van der Waals surface area contributed by atoms with Gasteiger partial charge in [-0.15, -0.1) is 0 Å². The summed E-state index contributed by atoms with van der Waals surface area (Å²) in [6.45, 7) is 22.0. The van der Waals surface area contributed by atoms with Crippen LogP contribution in [-0.2, 0) is 10.8 Å². The number of amidine groups is 2. The van der Waals surface area contributed by atoms with E-state index in [1.807, 2.05) is 13.8 Å². The fourth-order valence-electron chi connectivity index (χ4n) is 10.5. The van der Waals surface area contributed by atoms with Gasteiger partial charge in [0.1, 0.15) is 29.5 Å². The summed E-state index contributed by atoms with van der Waals surface area (Å²) < 4.78 is 0. The zero-order chi connectivity index (χ0) is 40.2. The summed E-state index contributed by atoms with van der Waals surface area (Å²) in [7, 11) is 0. The van der Waals surface area contributed by atoms with Crippen LogP contribution in [0.1, 0.15) is 118 Å². The Bertz CT molecular complexity index is 3030. The van der Waals surface area contributed by atoms with E-state index < -0.39 is 0 Å². The van der Waals surface area contributed by atoms with Crippen LogP contribution >= 0.6 is 0 Å². The highest BCUT2D eigenvalue weighted by atomic mass is 15.2. The molecule has 5 aliphatic rings. The van der Waals surface area contributed by atoms with Crippen LogP contribution in [0.3, 0.4) is 0 Å². The maximum atomic E-state index is 5.36. The van der Waals surface area contributed by atoms with Crippen LogP contribution in [0.15, 0.2) is 100 Å². The second-order valence-corrected chi connectivity index (χ2v) is 19.0. The standard InChI is InChI=1S/C52H48N6/c1-25-53-26(2)56-49(55-25)47-41-24-38-33-15-12-11-14-32(33)34-16-13-17-35(42(34)38)44(41)48(50-57-27(3)54-28(4)58-50)46-39-20-29-18-19-30(51(5,6)7)21-36(29)37-22-31(52(8,9)10)23-40(43(37)39)45(46)47/h11-24,27,41,44H,1-10H3,(H,54,57,58)/t27-,41?,44+/m1/s1. The Morgan fingerprint density at radius 2 is 1.28 bits per heavy atom. The van der Waals surface area contributed by atoms with Crippen molar-refractivity contribution in [3.63, 3.8) is 0 Å². The molecule has 58 heavy (non-hydrogen) atoms. The highest BCUT2D eigenvalue weighted by Gasteiger charge is 2.49. The van der Waals surface area contributed by atoms with Gasteiger partial charge in [0.15, 0.2) is 5.82 Å². The molecule has 286 valence electrons. The van der Waals surface area contributed by atoms with Crippen LogP contribution in [-0.4, -0.2) is 32.8 Å². The van der Waals surface area contributed by atoms with Gasteiger partial charge in [0, 0.05) is 23.0 Å². The molecule has 11 rings (SSSR count). The summed E-state index contributed by atoms with van der Waals surface area (Å²) in [6.07, 6.45) is 2.33. The van der Waals surface area contributed by atoms with Gasteiger partial charge in [0.25, 0.3) is 0 Å². The van der Waals surface area contributed by atoms with E-state index in [2.05, 4.69) is 146 Å². The number of aliphatic imine (C=N–C) groups is 2. The topological polar surface area (TPSA) is 75.4 Å². The highest BCUT2D eigenvalue weighted by Crippen LogP contribution is 2.64. The van der Waals surface area contributed by atoms with Crippen LogP contribution in [0.4, 0.5) is 0 Å². The molecule has 1 aliphatic heterocycles. The predicted molar refractivity (Wildman–Crippen MR) is 240 cm³/mol. The third kappa shape index (κ3) is 4.93. The molecule has 4 aliphatic carbocycles. The van der Waals surface area contributed by atoms with Crippen LogP contribution in [0.25, 0.3) is 55.0 Å². The van der Waals surface area contributed by atoms with Crippen molar-refractivity contribution >= 4 is 55.5 Å². The first-order valence-electron chi connectivity index (χ1n) is 20.7. The SMILES string of the molecule is CC1=N[C@@H](C)N=C(C2=C3C(=C(c4nc(C)nc(C)n4)C4C=C5c6ccccc6-c6cccc(c65)[C@H]24)c2cc(C(C)(C)C)cc4c2c3cc2ccc(C(C)(C)C)cc24)N1. The van der Waals surface area contributed by atoms with Crippen molar-refractivity contribution in [1.82, 2.24) is 20.3 Å². The molecule has 0 saturated heterocycles. The molecule has 0 amide bonds. The Morgan fingerprint density at radius 3 is 2.00 bits per heavy atom. The number of allylic oxidation sites excluding steroid dienone is 4. The number of nitrogens with one attached hydrogen (secondary N) is 1. The molecule has 6 nitrogen and oxygen atoms in total. The van der Waals surface area contributed by atoms with Gasteiger partial charge in [-0.2, -0.15) is 0 Å². The van der Waals surface area contributed by atoms with Crippen molar-refractivity contribution in [3.8, 4) is 11.1 Å². The molecule has 1 N–H and O–H groups in total. The van der Waals surface area contributed by atoms with E-state index in [0.29, 0.717) is 0 Å². The summed E-state index contributed by atoms with van der Waals surface area (Å²) in [5.74, 6) is 3.81. The first-order valence-corrected chi connectivity index (χ1v) is 20.7. The molecule has 6 heteroatoms. The Labute approximate surface area is 340 Å². The third-order valence-electron chi connectivity index (χ3n) is 13.0. The van der Waals surface area contributed by atoms with Gasteiger partial charge in [-0.05, 0) is 145 Å². The number of hydrogen-bond acceptors (Lipinski definition) is 6. The minimum Gasteiger partial charge on any atom is -0.329 e. The Hall–Kier alpha value is -6.01. The normalized spacial score (nSPS) is 20.4. The lowest BCUT2D eigenvalue weighted by molar-refractivity contribution is 0.590. The summed E-state index contributed by atoms with van der Waals surface area (Å²) in [6, 6.07) is 30.3. The van der Waals surface area contributed by atoms with Crippen molar-refractivity contribution < 1.29 is 0 Å². The number of aryl methyl sites for hydroxylation is 2.